The summed E-state index contributed by atoms with van der Waals surface area (Å²) in [6, 6.07) is -0.0735. The lowest BCUT2D eigenvalue weighted by Crippen LogP contribution is -2.28. The number of hydrogen-bond acceptors (Lipinski definition) is 3. The molecule has 13 heavy (non-hydrogen) atoms. The van der Waals surface area contributed by atoms with Crippen molar-refractivity contribution in [2.45, 2.75) is 25.8 Å². The molecule has 1 aliphatic rings. The topological polar surface area (TPSA) is 70.7 Å². The zero-order valence-electron chi connectivity index (χ0n) is 7.45. The van der Waals surface area contributed by atoms with Crippen molar-refractivity contribution >= 4 is 5.91 Å². The van der Waals surface area contributed by atoms with Gasteiger partial charge >= 0.3 is 0 Å². The molecule has 0 radical (unpaired) electrons. The Kier molecular flexibility index (Phi) is 2.00. The molecule has 0 spiro atoms. The maximum atomic E-state index is 11.3. The minimum Gasteiger partial charge on any atom is -0.346 e. The predicted octanol–water partition coefficient (Wildman–Crippen LogP) is 0.392. The van der Waals surface area contributed by atoms with Crippen LogP contribution in [-0.2, 0) is 4.79 Å². The third kappa shape index (κ3) is 1.85. The summed E-state index contributed by atoms with van der Waals surface area (Å²) >= 11 is 0. The highest BCUT2D eigenvalue weighted by Gasteiger charge is 2.30. The van der Waals surface area contributed by atoms with E-state index in [2.05, 4.69) is 20.5 Å². The molecule has 1 aromatic heterocycles. The molecule has 1 saturated carbocycles. The first-order chi connectivity index (χ1) is 6.27. The molecule has 1 heterocycles. The Labute approximate surface area is 75.9 Å². The standard InChI is InChI=1S/C8H12N4O/c1-5(7-9-4-10-12-7)11-8(13)6-2-3-6/h4-6H,2-3H2,1H3,(H,11,13)(H,9,10,12). The van der Waals surface area contributed by atoms with Gasteiger partial charge in [-0.2, -0.15) is 5.10 Å². The average molecular weight is 180 g/mol. The Balaban J connectivity index is 1.90. The fraction of sp³-hybridized carbons (Fsp3) is 0.625. The third-order valence-corrected chi connectivity index (χ3v) is 2.15. The van der Waals surface area contributed by atoms with Crippen LogP contribution in [0.3, 0.4) is 0 Å². The van der Waals surface area contributed by atoms with E-state index in [4.69, 9.17) is 0 Å². The summed E-state index contributed by atoms with van der Waals surface area (Å²) in [4.78, 5) is 15.3. The molecule has 0 aliphatic heterocycles. The second-order valence-corrected chi connectivity index (χ2v) is 3.38. The SMILES string of the molecule is CC(NC(=O)C1CC1)c1ncn[nH]1. The van der Waals surface area contributed by atoms with Gasteiger partial charge in [-0.25, -0.2) is 4.98 Å². The summed E-state index contributed by atoms with van der Waals surface area (Å²) in [6.07, 6.45) is 3.49. The number of carbonyl (C=O) groups is 1. The van der Waals surface area contributed by atoms with Crippen LogP contribution in [0.2, 0.25) is 0 Å². The molecule has 0 aromatic carbocycles. The lowest BCUT2D eigenvalue weighted by molar-refractivity contribution is -0.123. The molecule has 0 bridgehead atoms. The van der Waals surface area contributed by atoms with Crippen molar-refractivity contribution in [2.24, 2.45) is 5.92 Å². The van der Waals surface area contributed by atoms with E-state index in [0.717, 1.165) is 12.8 Å². The van der Waals surface area contributed by atoms with Crippen LogP contribution in [0.5, 0.6) is 0 Å². The zero-order chi connectivity index (χ0) is 9.26. The fourth-order valence-electron chi connectivity index (χ4n) is 1.17. The van der Waals surface area contributed by atoms with Crippen molar-refractivity contribution < 1.29 is 4.79 Å². The van der Waals surface area contributed by atoms with E-state index < -0.39 is 0 Å². The summed E-state index contributed by atoms with van der Waals surface area (Å²) in [7, 11) is 0. The second-order valence-electron chi connectivity index (χ2n) is 3.38. The smallest absolute Gasteiger partial charge is 0.223 e. The lowest BCUT2D eigenvalue weighted by atomic mass is 10.3. The van der Waals surface area contributed by atoms with E-state index in [1.54, 1.807) is 0 Å². The summed E-state index contributed by atoms with van der Waals surface area (Å²) in [5.74, 6) is 1.07. The van der Waals surface area contributed by atoms with Crippen LogP contribution in [0.25, 0.3) is 0 Å². The van der Waals surface area contributed by atoms with Gasteiger partial charge in [0.15, 0.2) is 0 Å². The van der Waals surface area contributed by atoms with Crippen LogP contribution >= 0.6 is 0 Å². The summed E-state index contributed by atoms with van der Waals surface area (Å²) in [5, 5.41) is 9.32. The molecule has 70 valence electrons. The Morgan fingerprint density at radius 3 is 3.08 bits per heavy atom. The van der Waals surface area contributed by atoms with E-state index in [1.165, 1.54) is 6.33 Å². The Bertz CT molecular complexity index is 291. The molecule has 1 aliphatic carbocycles. The number of aromatic nitrogens is 3. The molecule has 1 aromatic rings. The Hall–Kier alpha value is -1.39. The number of nitrogens with zero attached hydrogens (tertiary/aromatic N) is 2. The Morgan fingerprint density at radius 1 is 1.77 bits per heavy atom. The third-order valence-electron chi connectivity index (χ3n) is 2.15. The van der Waals surface area contributed by atoms with Crippen molar-refractivity contribution in [3.63, 3.8) is 0 Å². The first-order valence-corrected chi connectivity index (χ1v) is 4.43. The van der Waals surface area contributed by atoms with Crippen molar-refractivity contribution in [1.29, 1.82) is 0 Å². The van der Waals surface area contributed by atoms with Gasteiger partial charge in [-0.3, -0.25) is 9.89 Å². The number of hydrogen-bond donors (Lipinski definition) is 2. The second kappa shape index (κ2) is 3.16. The van der Waals surface area contributed by atoms with Crippen LogP contribution in [-0.4, -0.2) is 21.1 Å². The summed E-state index contributed by atoms with van der Waals surface area (Å²) < 4.78 is 0. The number of rotatable bonds is 3. The average Bonchev–Trinajstić information content (AvgIpc) is 2.81. The summed E-state index contributed by atoms with van der Waals surface area (Å²) in [6.45, 7) is 1.89. The predicted molar refractivity (Wildman–Crippen MR) is 45.7 cm³/mol. The van der Waals surface area contributed by atoms with E-state index in [9.17, 15) is 4.79 Å². The van der Waals surface area contributed by atoms with E-state index in [0.29, 0.717) is 5.82 Å². The van der Waals surface area contributed by atoms with E-state index >= 15 is 0 Å². The van der Waals surface area contributed by atoms with Gasteiger partial charge < -0.3 is 5.32 Å². The van der Waals surface area contributed by atoms with Crippen LogP contribution < -0.4 is 5.32 Å². The fourth-order valence-corrected chi connectivity index (χ4v) is 1.17. The number of H-pyrrole nitrogens is 1. The molecule has 1 unspecified atom stereocenters. The van der Waals surface area contributed by atoms with Gasteiger partial charge in [0.05, 0.1) is 6.04 Å². The lowest BCUT2D eigenvalue weighted by Gasteiger charge is -2.09. The molecule has 5 nitrogen and oxygen atoms in total. The molecule has 2 N–H and O–H groups in total. The minimum atomic E-state index is -0.0735. The van der Waals surface area contributed by atoms with Gasteiger partial charge in [-0.15, -0.1) is 0 Å². The highest BCUT2D eigenvalue weighted by Crippen LogP contribution is 2.29. The van der Waals surface area contributed by atoms with Gasteiger partial charge in [-0.1, -0.05) is 0 Å². The molecule has 1 fully saturated rings. The summed E-state index contributed by atoms with van der Waals surface area (Å²) in [5.41, 5.74) is 0. The highest BCUT2D eigenvalue weighted by molar-refractivity contribution is 5.81. The maximum absolute atomic E-state index is 11.3. The monoisotopic (exact) mass is 180 g/mol. The molecule has 0 saturated heterocycles. The number of amides is 1. The number of nitrogens with one attached hydrogen (secondary N) is 2. The van der Waals surface area contributed by atoms with Crippen LogP contribution in [0, 0.1) is 5.92 Å². The highest BCUT2D eigenvalue weighted by atomic mass is 16.2. The van der Waals surface area contributed by atoms with Gasteiger partial charge in [0.25, 0.3) is 0 Å². The number of carbonyl (C=O) groups excluding carboxylic acids is 1. The quantitative estimate of drug-likeness (QED) is 0.707. The maximum Gasteiger partial charge on any atom is 0.223 e. The zero-order valence-corrected chi connectivity index (χ0v) is 7.45. The van der Waals surface area contributed by atoms with Crippen molar-refractivity contribution in [3.8, 4) is 0 Å². The molecule has 5 heteroatoms. The van der Waals surface area contributed by atoms with Crippen LogP contribution in [0.15, 0.2) is 6.33 Å². The van der Waals surface area contributed by atoms with Crippen LogP contribution in [0.1, 0.15) is 31.6 Å². The molecule has 1 atom stereocenters. The van der Waals surface area contributed by atoms with Crippen molar-refractivity contribution in [3.05, 3.63) is 12.2 Å². The Morgan fingerprint density at radius 2 is 2.54 bits per heavy atom. The first kappa shape index (κ1) is 8.22. The number of aromatic amines is 1. The first-order valence-electron chi connectivity index (χ1n) is 4.43. The van der Waals surface area contributed by atoms with Gasteiger partial charge in [0, 0.05) is 5.92 Å². The van der Waals surface area contributed by atoms with Crippen LogP contribution in [0.4, 0.5) is 0 Å². The molecule has 1 amide bonds. The van der Waals surface area contributed by atoms with Gasteiger partial charge in [0.1, 0.15) is 12.2 Å². The minimum absolute atomic E-state index is 0.0735. The van der Waals surface area contributed by atoms with E-state index in [-0.39, 0.29) is 17.9 Å². The van der Waals surface area contributed by atoms with Gasteiger partial charge in [0.2, 0.25) is 5.91 Å². The van der Waals surface area contributed by atoms with Gasteiger partial charge in [-0.05, 0) is 19.8 Å². The van der Waals surface area contributed by atoms with Crippen molar-refractivity contribution in [2.75, 3.05) is 0 Å². The largest absolute Gasteiger partial charge is 0.346 e. The molecular weight excluding hydrogens is 168 g/mol. The van der Waals surface area contributed by atoms with E-state index in [1.807, 2.05) is 6.92 Å². The normalized spacial score (nSPS) is 18.2. The molecule has 2 rings (SSSR count). The van der Waals surface area contributed by atoms with Crippen molar-refractivity contribution in [1.82, 2.24) is 20.5 Å². The molecular formula is C8H12N4O.